The molecule has 1 fully saturated rings. The van der Waals surface area contributed by atoms with Gasteiger partial charge in [-0.1, -0.05) is 26.0 Å². The van der Waals surface area contributed by atoms with Crippen molar-refractivity contribution in [2.75, 3.05) is 34.6 Å². The third kappa shape index (κ3) is 4.64. The molecule has 1 aliphatic heterocycles. The Morgan fingerprint density at radius 2 is 1.71 bits per heavy atom. The third-order valence-corrected chi connectivity index (χ3v) is 7.10. The second-order valence-electron chi connectivity index (χ2n) is 9.02. The molecular weight excluding hydrogens is 444 g/mol. The zero-order chi connectivity index (χ0) is 23.7. The van der Waals surface area contributed by atoms with E-state index in [2.05, 4.69) is 72.0 Å². The zero-order valence-corrected chi connectivity index (χ0v) is 20.5. The van der Waals surface area contributed by atoms with Crippen LogP contribution in [0.15, 0.2) is 60.0 Å². The van der Waals surface area contributed by atoms with Gasteiger partial charge in [-0.25, -0.2) is 4.98 Å². The summed E-state index contributed by atoms with van der Waals surface area (Å²) in [5.74, 6) is 2.06. The predicted molar refractivity (Wildman–Crippen MR) is 142 cm³/mol. The molecule has 3 heterocycles. The van der Waals surface area contributed by atoms with Gasteiger partial charge in [-0.05, 0) is 66.2 Å². The van der Waals surface area contributed by atoms with Crippen molar-refractivity contribution in [3.05, 3.63) is 65.5 Å². The van der Waals surface area contributed by atoms with Gasteiger partial charge in [0.25, 0.3) is 0 Å². The summed E-state index contributed by atoms with van der Waals surface area (Å²) in [6.07, 6.45) is 0. The van der Waals surface area contributed by atoms with E-state index in [1.807, 2.05) is 24.3 Å². The Bertz CT molecular complexity index is 1250. The molecule has 2 aromatic carbocycles. The summed E-state index contributed by atoms with van der Waals surface area (Å²) in [7, 11) is 0. The molecule has 0 radical (unpaired) electrons. The Morgan fingerprint density at radius 1 is 1.00 bits per heavy atom. The number of nitrogens with one attached hydrogen (secondary N) is 2. The number of ether oxygens (including phenoxy) is 1. The monoisotopic (exact) mass is 474 g/mol. The second-order valence-corrected chi connectivity index (χ2v) is 9.94. The Labute approximate surface area is 204 Å². The van der Waals surface area contributed by atoms with Crippen molar-refractivity contribution < 1.29 is 4.74 Å². The molecule has 0 spiro atoms. The van der Waals surface area contributed by atoms with Crippen molar-refractivity contribution in [3.63, 3.8) is 0 Å². The fourth-order valence-electron chi connectivity index (χ4n) is 4.20. The number of nitrogens with two attached hydrogens (primary N) is 1. The lowest BCUT2D eigenvalue weighted by atomic mass is 10.0. The van der Waals surface area contributed by atoms with Crippen molar-refractivity contribution in [1.82, 2.24) is 9.97 Å². The molecule has 4 aromatic rings. The fourth-order valence-corrected chi connectivity index (χ4v) is 5.04. The van der Waals surface area contributed by atoms with Crippen LogP contribution >= 0.6 is 11.3 Å². The predicted octanol–water partition coefficient (Wildman–Crippen LogP) is 6.01. The van der Waals surface area contributed by atoms with Gasteiger partial charge in [-0.2, -0.15) is 4.98 Å². The summed E-state index contributed by atoms with van der Waals surface area (Å²) in [5, 5.41) is 8.98. The molecule has 8 heteroatoms. The minimum Gasteiger partial charge on any atom is -0.399 e. The summed E-state index contributed by atoms with van der Waals surface area (Å²) < 4.78 is 6.90. The first-order valence-corrected chi connectivity index (χ1v) is 12.4. The molecule has 4 N–H and O–H groups in total. The Hall–Kier alpha value is -3.36. The van der Waals surface area contributed by atoms with Gasteiger partial charge in [0.1, 0.15) is 6.73 Å². The number of benzene rings is 2. The van der Waals surface area contributed by atoms with E-state index in [0.717, 1.165) is 45.3 Å². The minimum absolute atomic E-state index is 0.0465. The van der Waals surface area contributed by atoms with Crippen molar-refractivity contribution in [1.29, 1.82) is 0 Å². The van der Waals surface area contributed by atoms with E-state index in [9.17, 15) is 0 Å². The van der Waals surface area contributed by atoms with E-state index in [-0.39, 0.29) is 6.04 Å². The normalized spacial score (nSPS) is 16.8. The summed E-state index contributed by atoms with van der Waals surface area (Å²) in [4.78, 5) is 12.0. The van der Waals surface area contributed by atoms with Crippen LogP contribution in [-0.4, -0.2) is 29.3 Å². The van der Waals surface area contributed by atoms with Crippen molar-refractivity contribution in [2.45, 2.75) is 32.9 Å². The highest BCUT2D eigenvalue weighted by molar-refractivity contribution is 7.17. The van der Waals surface area contributed by atoms with Crippen LogP contribution in [0.25, 0.3) is 10.2 Å². The van der Waals surface area contributed by atoms with E-state index < -0.39 is 0 Å². The van der Waals surface area contributed by atoms with Gasteiger partial charge in [0.15, 0.2) is 5.82 Å². The molecule has 5 rings (SSSR count). The summed E-state index contributed by atoms with van der Waals surface area (Å²) in [6, 6.07) is 18.5. The SMILES string of the molecule is CC(C)[C@H]1COCN1c1nc(N[C@@H](C)c2ccc(Nc3ccc(N)cc3)cc2)nc2ccsc12. The number of anilines is 5. The van der Waals surface area contributed by atoms with Crippen molar-refractivity contribution >= 4 is 50.4 Å². The van der Waals surface area contributed by atoms with Crippen molar-refractivity contribution in [2.24, 2.45) is 5.92 Å². The first-order chi connectivity index (χ1) is 16.5. The molecule has 176 valence electrons. The van der Waals surface area contributed by atoms with Crippen LogP contribution in [-0.2, 0) is 4.74 Å². The molecule has 2 aromatic heterocycles. The number of aromatic nitrogens is 2. The number of fused-ring (bicyclic) bond motifs is 1. The number of rotatable bonds is 7. The van der Waals surface area contributed by atoms with Crippen LogP contribution in [0.4, 0.5) is 28.8 Å². The first-order valence-electron chi connectivity index (χ1n) is 11.6. The molecule has 1 aliphatic rings. The number of nitrogens with zero attached hydrogens (tertiary/aromatic N) is 3. The minimum atomic E-state index is 0.0465. The Morgan fingerprint density at radius 3 is 2.41 bits per heavy atom. The molecule has 0 saturated carbocycles. The van der Waals surface area contributed by atoms with Crippen LogP contribution in [0.5, 0.6) is 0 Å². The Balaban J connectivity index is 1.34. The van der Waals surface area contributed by atoms with Gasteiger partial charge in [-0.15, -0.1) is 11.3 Å². The number of nitrogen functional groups attached to an aromatic ring is 1. The van der Waals surface area contributed by atoms with E-state index in [0.29, 0.717) is 24.6 Å². The fraction of sp³-hybridized carbons (Fsp3) is 0.308. The topological polar surface area (TPSA) is 88.3 Å². The molecule has 0 unspecified atom stereocenters. The maximum atomic E-state index is 5.80. The van der Waals surface area contributed by atoms with Crippen LogP contribution in [0.2, 0.25) is 0 Å². The van der Waals surface area contributed by atoms with Crippen LogP contribution < -0.4 is 21.3 Å². The molecule has 34 heavy (non-hydrogen) atoms. The highest BCUT2D eigenvalue weighted by Gasteiger charge is 2.31. The number of hydrogen-bond donors (Lipinski definition) is 3. The lowest BCUT2D eigenvalue weighted by molar-refractivity contribution is 0.188. The Kier molecular flexibility index (Phi) is 6.26. The maximum Gasteiger partial charge on any atom is 0.225 e. The van der Waals surface area contributed by atoms with E-state index >= 15 is 0 Å². The highest BCUT2D eigenvalue weighted by atomic mass is 32.1. The summed E-state index contributed by atoms with van der Waals surface area (Å²) in [6.45, 7) is 7.87. The van der Waals surface area contributed by atoms with Crippen LogP contribution in [0.3, 0.4) is 0 Å². The molecule has 0 amide bonds. The van der Waals surface area contributed by atoms with Crippen LogP contribution in [0, 0.1) is 5.92 Å². The average molecular weight is 475 g/mol. The average Bonchev–Trinajstić information content (AvgIpc) is 3.50. The first kappa shape index (κ1) is 22.4. The number of thiophene rings is 1. The van der Waals surface area contributed by atoms with Crippen LogP contribution in [0.1, 0.15) is 32.4 Å². The maximum absolute atomic E-state index is 5.80. The molecule has 2 atom stereocenters. The lowest BCUT2D eigenvalue weighted by Crippen LogP contribution is -2.35. The zero-order valence-electron chi connectivity index (χ0n) is 19.7. The molecule has 1 saturated heterocycles. The van der Waals surface area contributed by atoms with Gasteiger partial charge < -0.3 is 26.0 Å². The summed E-state index contributed by atoms with van der Waals surface area (Å²) >= 11 is 1.68. The molecule has 7 nitrogen and oxygen atoms in total. The lowest BCUT2D eigenvalue weighted by Gasteiger charge is -2.27. The summed E-state index contributed by atoms with van der Waals surface area (Å²) in [5.41, 5.74) is 10.7. The quantitative estimate of drug-likeness (QED) is 0.283. The largest absolute Gasteiger partial charge is 0.399 e. The smallest absolute Gasteiger partial charge is 0.225 e. The van der Waals surface area contributed by atoms with Gasteiger partial charge in [0.05, 0.1) is 28.9 Å². The highest BCUT2D eigenvalue weighted by Crippen LogP contribution is 2.34. The third-order valence-electron chi connectivity index (χ3n) is 6.20. The molecule has 0 aliphatic carbocycles. The van der Waals surface area contributed by atoms with Gasteiger partial charge in [0.2, 0.25) is 5.95 Å². The van der Waals surface area contributed by atoms with Gasteiger partial charge in [-0.3, -0.25) is 0 Å². The van der Waals surface area contributed by atoms with E-state index in [1.165, 1.54) is 0 Å². The molecule has 0 bridgehead atoms. The van der Waals surface area contributed by atoms with E-state index in [4.69, 9.17) is 20.4 Å². The molecular formula is C26H30N6OS. The van der Waals surface area contributed by atoms with Gasteiger partial charge in [0, 0.05) is 17.1 Å². The standard InChI is InChI=1S/C26H30N6OS/c1-16(2)23-14-33-15-32(23)25-24-22(12-13-34-24)30-26(31-25)28-17(3)18-4-8-20(9-5-18)29-21-10-6-19(27)7-11-21/h4-13,16-17,23,29H,14-15,27H2,1-3H3,(H,28,30,31)/t17-,23+/m0/s1. The van der Waals surface area contributed by atoms with Gasteiger partial charge >= 0.3 is 0 Å². The number of hydrogen-bond acceptors (Lipinski definition) is 8. The van der Waals surface area contributed by atoms with E-state index in [1.54, 1.807) is 11.3 Å². The second kappa shape index (κ2) is 9.48. The van der Waals surface area contributed by atoms with Crippen molar-refractivity contribution in [3.8, 4) is 0 Å².